The number of methoxy groups -OCH3 is 2. The van der Waals surface area contributed by atoms with E-state index in [4.69, 9.17) is 9.15 Å². The van der Waals surface area contributed by atoms with E-state index >= 15 is 0 Å². The van der Waals surface area contributed by atoms with Gasteiger partial charge in [0.15, 0.2) is 0 Å². The summed E-state index contributed by atoms with van der Waals surface area (Å²) >= 11 is 0.733. The minimum atomic E-state index is -0.578. The lowest BCUT2D eigenvalue weighted by Crippen LogP contribution is -2.36. The van der Waals surface area contributed by atoms with Crippen molar-refractivity contribution in [1.29, 1.82) is 0 Å². The summed E-state index contributed by atoms with van der Waals surface area (Å²) in [7, 11) is 2.85. The van der Waals surface area contributed by atoms with Crippen molar-refractivity contribution in [3.63, 3.8) is 0 Å². The van der Waals surface area contributed by atoms with Gasteiger partial charge in [-0.1, -0.05) is 12.1 Å². The fraction of sp³-hybridized carbons (Fsp3) is 0.120. The molecule has 0 atom stereocenters. The van der Waals surface area contributed by atoms with Gasteiger partial charge < -0.3 is 19.2 Å². The van der Waals surface area contributed by atoms with Crippen LogP contribution < -0.4 is 10.1 Å². The quantitative estimate of drug-likeness (QED) is 0.381. The molecule has 178 valence electrons. The number of ether oxygens (including phenoxy) is 2. The molecule has 1 N–H and O–H groups in total. The smallest absolute Gasteiger partial charge is 0.337 e. The van der Waals surface area contributed by atoms with E-state index in [1.807, 2.05) is 0 Å². The number of esters is 1. The van der Waals surface area contributed by atoms with Crippen molar-refractivity contribution in [3.05, 3.63) is 76.9 Å². The molecule has 0 saturated carbocycles. The molecule has 0 radical (unpaired) electrons. The molecule has 2 aromatic carbocycles. The molecule has 0 unspecified atom stereocenters. The molecular formula is C25H20N2O7S. The van der Waals surface area contributed by atoms with Crippen molar-refractivity contribution in [2.24, 2.45) is 0 Å². The number of anilines is 1. The van der Waals surface area contributed by atoms with Crippen LogP contribution in [0.4, 0.5) is 10.5 Å². The Kier molecular flexibility index (Phi) is 7.02. The second-order valence-corrected chi connectivity index (χ2v) is 8.31. The van der Waals surface area contributed by atoms with Gasteiger partial charge in [0, 0.05) is 17.3 Å². The van der Waals surface area contributed by atoms with Crippen LogP contribution >= 0.6 is 11.8 Å². The molecule has 2 heterocycles. The summed E-state index contributed by atoms with van der Waals surface area (Å²) < 4.78 is 15.5. The van der Waals surface area contributed by atoms with Crippen LogP contribution in [-0.4, -0.2) is 48.7 Å². The van der Waals surface area contributed by atoms with Gasteiger partial charge in [-0.05, 0) is 60.3 Å². The predicted molar refractivity (Wildman–Crippen MR) is 130 cm³/mol. The zero-order valence-electron chi connectivity index (χ0n) is 18.8. The van der Waals surface area contributed by atoms with Crippen LogP contribution in [0.15, 0.2) is 70.0 Å². The van der Waals surface area contributed by atoms with E-state index in [9.17, 15) is 19.2 Å². The minimum Gasteiger partial charge on any atom is -0.497 e. The maximum Gasteiger partial charge on any atom is 0.337 e. The van der Waals surface area contributed by atoms with Crippen LogP contribution in [0.3, 0.4) is 0 Å². The normalized spacial score (nSPS) is 14.3. The standard InChI is InChI=1S/C25H20N2O7S/c1-32-18-9-7-17(8-10-18)26-22(28)14-27-23(29)21(35-25(27)31)13-19-11-12-20(34-19)15-3-5-16(6-4-15)24(30)33-2/h3-13H,14H2,1-2H3,(H,26,28)/b21-13+. The summed E-state index contributed by atoms with van der Waals surface area (Å²) in [6.45, 7) is -0.413. The summed E-state index contributed by atoms with van der Waals surface area (Å²) in [5, 5.41) is 2.10. The zero-order chi connectivity index (χ0) is 24.9. The van der Waals surface area contributed by atoms with Crippen LogP contribution in [0, 0.1) is 0 Å². The van der Waals surface area contributed by atoms with Crippen molar-refractivity contribution in [2.45, 2.75) is 0 Å². The van der Waals surface area contributed by atoms with Crippen molar-refractivity contribution in [2.75, 3.05) is 26.1 Å². The van der Waals surface area contributed by atoms with Gasteiger partial charge in [-0.15, -0.1) is 0 Å². The zero-order valence-corrected chi connectivity index (χ0v) is 19.6. The third-order valence-electron chi connectivity index (χ3n) is 5.04. The van der Waals surface area contributed by atoms with Crippen LogP contribution in [0.5, 0.6) is 5.75 Å². The summed E-state index contributed by atoms with van der Waals surface area (Å²) in [4.78, 5) is 50.1. The third-order valence-corrected chi connectivity index (χ3v) is 5.95. The van der Waals surface area contributed by atoms with Crippen LogP contribution in [0.2, 0.25) is 0 Å². The van der Waals surface area contributed by atoms with E-state index in [1.165, 1.54) is 20.3 Å². The van der Waals surface area contributed by atoms with Crippen molar-refractivity contribution in [1.82, 2.24) is 4.90 Å². The van der Waals surface area contributed by atoms with Gasteiger partial charge in [-0.2, -0.15) is 0 Å². The Morgan fingerprint density at radius 1 is 1.00 bits per heavy atom. The van der Waals surface area contributed by atoms with E-state index in [2.05, 4.69) is 10.1 Å². The highest BCUT2D eigenvalue weighted by Crippen LogP contribution is 2.33. The highest BCUT2D eigenvalue weighted by atomic mass is 32.2. The fourth-order valence-corrected chi connectivity index (χ4v) is 4.08. The maximum atomic E-state index is 12.7. The van der Waals surface area contributed by atoms with E-state index < -0.39 is 29.6 Å². The lowest BCUT2D eigenvalue weighted by molar-refractivity contribution is -0.127. The summed E-state index contributed by atoms with van der Waals surface area (Å²) in [6, 6.07) is 16.7. The molecule has 1 aliphatic rings. The number of thioether (sulfide) groups is 1. The summed E-state index contributed by atoms with van der Waals surface area (Å²) in [5.74, 6) is -0.000818. The number of hydrogen-bond acceptors (Lipinski definition) is 8. The molecule has 1 aromatic heterocycles. The first-order chi connectivity index (χ1) is 16.9. The summed E-state index contributed by atoms with van der Waals surface area (Å²) in [5.41, 5.74) is 1.65. The Morgan fingerprint density at radius 3 is 2.37 bits per heavy atom. The SMILES string of the molecule is COC(=O)c1ccc(-c2ccc(/C=C3/SC(=O)N(CC(=O)Nc4ccc(OC)cc4)C3=O)o2)cc1. The van der Waals surface area contributed by atoms with E-state index in [0.29, 0.717) is 28.5 Å². The molecular weight excluding hydrogens is 472 g/mol. The first-order valence-electron chi connectivity index (χ1n) is 10.4. The Morgan fingerprint density at radius 2 is 1.71 bits per heavy atom. The minimum absolute atomic E-state index is 0.147. The number of furan rings is 1. The molecule has 10 heteroatoms. The molecule has 1 aliphatic heterocycles. The summed E-state index contributed by atoms with van der Waals surface area (Å²) in [6.07, 6.45) is 1.46. The number of rotatable bonds is 7. The molecule has 1 saturated heterocycles. The third kappa shape index (κ3) is 5.44. The van der Waals surface area contributed by atoms with Crippen molar-refractivity contribution < 1.29 is 33.1 Å². The first kappa shape index (κ1) is 23.8. The van der Waals surface area contributed by atoms with Crippen molar-refractivity contribution >= 4 is 46.5 Å². The molecule has 3 aromatic rings. The number of carbonyl (C=O) groups excluding carboxylic acids is 4. The Hall–Kier alpha value is -4.31. The highest BCUT2D eigenvalue weighted by molar-refractivity contribution is 8.18. The van der Waals surface area contributed by atoms with Gasteiger partial charge in [0.2, 0.25) is 5.91 Å². The van der Waals surface area contributed by atoms with Crippen LogP contribution in [0.1, 0.15) is 16.1 Å². The van der Waals surface area contributed by atoms with Crippen molar-refractivity contribution in [3.8, 4) is 17.1 Å². The second-order valence-electron chi connectivity index (χ2n) is 7.32. The molecule has 0 bridgehead atoms. The average Bonchev–Trinajstić information content (AvgIpc) is 3.44. The van der Waals surface area contributed by atoms with Gasteiger partial charge >= 0.3 is 5.97 Å². The van der Waals surface area contributed by atoms with Gasteiger partial charge in [0.1, 0.15) is 23.8 Å². The number of carbonyl (C=O) groups is 4. The molecule has 1 fully saturated rings. The molecule has 3 amide bonds. The fourth-order valence-electron chi connectivity index (χ4n) is 3.26. The number of imide groups is 1. The van der Waals surface area contributed by atoms with Gasteiger partial charge in [0.25, 0.3) is 11.1 Å². The molecule has 0 spiro atoms. The maximum absolute atomic E-state index is 12.7. The lowest BCUT2D eigenvalue weighted by Gasteiger charge is -2.12. The van der Waals surface area contributed by atoms with Crippen LogP contribution in [0.25, 0.3) is 17.4 Å². The molecule has 35 heavy (non-hydrogen) atoms. The van der Waals surface area contributed by atoms with E-state index in [1.54, 1.807) is 60.7 Å². The van der Waals surface area contributed by atoms with Gasteiger partial charge in [-0.25, -0.2) is 4.79 Å². The lowest BCUT2D eigenvalue weighted by atomic mass is 10.1. The Labute approximate surface area is 204 Å². The number of amides is 3. The monoisotopic (exact) mass is 492 g/mol. The largest absolute Gasteiger partial charge is 0.497 e. The molecule has 0 aliphatic carbocycles. The predicted octanol–water partition coefficient (Wildman–Crippen LogP) is 4.42. The van der Waals surface area contributed by atoms with E-state index in [0.717, 1.165) is 22.2 Å². The number of hydrogen-bond donors (Lipinski definition) is 1. The van der Waals surface area contributed by atoms with E-state index in [-0.39, 0.29) is 4.91 Å². The Bertz CT molecular complexity index is 1310. The second kappa shape index (κ2) is 10.3. The molecule has 9 nitrogen and oxygen atoms in total. The molecule has 4 rings (SSSR count). The number of nitrogens with zero attached hydrogens (tertiary/aromatic N) is 1. The Balaban J connectivity index is 1.41. The first-order valence-corrected chi connectivity index (χ1v) is 11.2. The number of nitrogens with one attached hydrogen (secondary N) is 1. The highest BCUT2D eigenvalue weighted by Gasteiger charge is 2.36. The average molecular weight is 493 g/mol. The van der Waals surface area contributed by atoms with Gasteiger partial charge in [0.05, 0.1) is 24.7 Å². The van der Waals surface area contributed by atoms with Crippen LogP contribution in [-0.2, 0) is 14.3 Å². The topological polar surface area (TPSA) is 115 Å². The number of benzene rings is 2. The van der Waals surface area contributed by atoms with Gasteiger partial charge in [-0.3, -0.25) is 19.3 Å².